The van der Waals surface area contributed by atoms with Gasteiger partial charge in [0.15, 0.2) is 6.61 Å². The van der Waals surface area contributed by atoms with Gasteiger partial charge in [0.1, 0.15) is 11.8 Å². The standard InChI is InChI=1S/C20H23ClN2O5/c1-13(2)18(22-19(25)15-8-4-5-9-16(15)21)20(26)28-12-17(24)23(3)11-14-7-6-10-27-14/h4-10,13,18H,11-12H2,1-3H3,(H,22,25)/t18-/m0/s1. The highest BCUT2D eigenvalue weighted by Gasteiger charge is 2.27. The minimum Gasteiger partial charge on any atom is -0.467 e. The molecule has 1 heterocycles. The number of rotatable bonds is 8. The Morgan fingerprint density at radius 2 is 1.89 bits per heavy atom. The first-order valence-corrected chi connectivity index (χ1v) is 9.15. The number of esters is 1. The van der Waals surface area contributed by atoms with E-state index in [1.807, 2.05) is 0 Å². The van der Waals surface area contributed by atoms with Crippen LogP contribution in [0.5, 0.6) is 0 Å². The Labute approximate surface area is 168 Å². The molecule has 0 saturated heterocycles. The van der Waals surface area contributed by atoms with Crippen LogP contribution in [0.25, 0.3) is 0 Å². The number of furan rings is 1. The predicted octanol–water partition coefficient (Wildman–Crippen LogP) is 2.89. The van der Waals surface area contributed by atoms with Crippen molar-refractivity contribution >= 4 is 29.4 Å². The van der Waals surface area contributed by atoms with Crippen molar-refractivity contribution < 1.29 is 23.5 Å². The molecule has 0 radical (unpaired) electrons. The molecule has 0 spiro atoms. The molecule has 2 rings (SSSR count). The molecule has 150 valence electrons. The summed E-state index contributed by atoms with van der Waals surface area (Å²) in [7, 11) is 1.58. The fourth-order valence-electron chi connectivity index (χ4n) is 2.42. The molecule has 1 N–H and O–H groups in total. The van der Waals surface area contributed by atoms with Crippen molar-refractivity contribution in [2.24, 2.45) is 5.92 Å². The summed E-state index contributed by atoms with van der Waals surface area (Å²) in [5.74, 6) is -1.17. The zero-order valence-electron chi connectivity index (χ0n) is 16.0. The molecule has 2 aromatic rings. The van der Waals surface area contributed by atoms with Crippen molar-refractivity contribution in [1.29, 1.82) is 0 Å². The van der Waals surface area contributed by atoms with Crippen LogP contribution < -0.4 is 5.32 Å². The number of nitrogens with zero attached hydrogens (tertiary/aromatic N) is 1. The second kappa shape index (κ2) is 9.94. The van der Waals surface area contributed by atoms with Crippen LogP contribution in [0.1, 0.15) is 30.0 Å². The molecule has 2 amide bonds. The highest BCUT2D eigenvalue weighted by atomic mass is 35.5. The molecule has 0 aliphatic heterocycles. The molecule has 0 saturated carbocycles. The van der Waals surface area contributed by atoms with Crippen molar-refractivity contribution in [2.75, 3.05) is 13.7 Å². The van der Waals surface area contributed by atoms with Gasteiger partial charge in [-0.1, -0.05) is 37.6 Å². The minimum absolute atomic E-state index is 0.241. The Hall–Kier alpha value is -2.80. The molecule has 0 aliphatic carbocycles. The van der Waals surface area contributed by atoms with Crippen LogP contribution in [0.15, 0.2) is 47.1 Å². The van der Waals surface area contributed by atoms with Gasteiger partial charge in [0.25, 0.3) is 11.8 Å². The maximum atomic E-state index is 12.4. The topological polar surface area (TPSA) is 88.8 Å². The number of nitrogens with one attached hydrogen (secondary N) is 1. The second-order valence-corrected chi connectivity index (χ2v) is 7.02. The number of likely N-dealkylation sites (N-methyl/N-ethyl adjacent to an activating group) is 1. The van der Waals surface area contributed by atoms with Gasteiger partial charge in [0.05, 0.1) is 23.4 Å². The van der Waals surface area contributed by atoms with Gasteiger partial charge in [0.2, 0.25) is 0 Å². The van der Waals surface area contributed by atoms with Gasteiger partial charge in [-0.05, 0) is 30.2 Å². The number of ether oxygens (including phenoxy) is 1. The highest BCUT2D eigenvalue weighted by Crippen LogP contribution is 2.16. The maximum Gasteiger partial charge on any atom is 0.329 e. The Morgan fingerprint density at radius 1 is 1.18 bits per heavy atom. The summed E-state index contributed by atoms with van der Waals surface area (Å²) in [6.45, 7) is 3.37. The Kier molecular flexibility index (Phi) is 7.63. The molecule has 1 aromatic heterocycles. The summed E-state index contributed by atoms with van der Waals surface area (Å²) in [6.07, 6.45) is 1.52. The van der Waals surface area contributed by atoms with Crippen LogP contribution in [-0.4, -0.2) is 42.4 Å². The van der Waals surface area contributed by atoms with Crippen LogP contribution in [-0.2, 0) is 20.9 Å². The van der Waals surface area contributed by atoms with E-state index in [0.717, 1.165) is 0 Å². The van der Waals surface area contributed by atoms with Crippen molar-refractivity contribution in [3.8, 4) is 0 Å². The van der Waals surface area contributed by atoms with Crippen LogP contribution in [0.2, 0.25) is 5.02 Å². The number of carbonyl (C=O) groups excluding carboxylic acids is 3. The Bertz CT molecular complexity index is 820. The quantitative estimate of drug-likeness (QED) is 0.681. The number of amides is 2. The third kappa shape index (κ3) is 5.85. The van der Waals surface area contributed by atoms with Gasteiger partial charge in [-0.2, -0.15) is 0 Å². The summed E-state index contributed by atoms with van der Waals surface area (Å²) in [5, 5.41) is 2.91. The summed E-state index contributed by atoms with van der Waals surface area (Å²) in [5.41, 5.74) is 0.261. The van der Waals surface area contributed by atoms with E-state index in [2.05, 4.69) is 5.32 Å². The van der Waals surface area contributed by atoms with Crippen molar-refractivity contribution in [3.05, 3.63) is 59.0 Å². The Morgan fingerprint density at radius 3 is 2.50 bits per heavy atom. The summed E-state index contributed by atoms with van der Waals surface area (Å²) < 4.78 is 10.3. The number of hydrogen-bond acceptors (Lipinski definition) is 5. The number of benzene rings is 1. The molecule has 0 unspecified atom stereocenters. The molecule has 1 aromatic carbocycles. The molecule has 0 aliphatic rings. The summed E-state index contributed by atoms with van der Waals surface area (Å²) in [6, 6.07) is 9.10. The van der Waals surface area contributed by atoms with E-state index in [4.69, 9.17) is 20.8 Å². The fraction of sp³-hybridized carbons (Fsp3) is 0.350. The van der Waals surface area contributed by atoms with E-state index in [0.29, 0.717) is 5.76 Å². The lowest BCUT2D eigenvalue weighted by atomic mass is 10.0. The first kappa shape index (κ1) is 21.5. The first-order chi connectivity index (χ1) is 13.3. The van der Waals surface area contributed by atoms with Gasteiger partial charge in [-0.25, -0.2) is 4.79 Å². The zero-order chi connectivity index (χ0) is 20.7. The molecule has 1 atom stereocenters. The maximum absolute atomic E-state index is 12.4. The predicted molar refractivity (Wildman–Crippen MR) is 104 cm³/mol. The van der Waals surface area contributed by atoms with Gasteiger partial charge < -0.3 is 19.4 Å². The molecule has 8 heteroatoms. The van der Waals surface area contributed by atoms with Crippen LogP contribution in [0.3, 0.4) is 0 Å². The normalized spacial score (nSPS) is 11.8. The van der Waals surface area contributed by atoms with Crippen molar-refractivity contribution in [3.63, 3.8) is 0 Å². The van der Waals surface area contributed by atoms with E-state index in [9.17, 15) is 14.4 Å². The fourth-order valence-corrected chi connectivity index (χ4v) is 2.64. The highest BCUT2D eigenvalue weighted by molar-refractivity contribution is 6.33. The Balaban J connectivity index is 1.92. The van der Waals surface area contributed by atoms with E-state index < -0.39 is 24.5 Å². The van der Waals surface area contributed by atoms with Crippen molar-refractivity contribution in [1.82, 2.24) is 10.2 Å². The number of halogens is 1. The third-order valence-corrected chi connectivity index (χ3v) is 4.39. The largest absolute Gasteiger partial charge is 0.467 e. The zero-order valence-corrected chi connectivity index (χ0v) is 16.7. The third-order valence-electron chi connectivity index (χ3n) is 4.06. The monoisotopic (exact) mass is 406 g/mol. The lowest BCUT2D eigenvalue weighted by Gasteiger charge is -2.22. The van der Waals surface area contributed by atoms with Crippen molar-refractivity contribution in [2.45, 2.75) is 26.4 Å². The van der Waals surface area contributed by atoms with Gasteiger partial charge in [0, 0.05) is 7.05 Å². The van der Waals surface area contributed by atoms with E-state index in [1.165, 1.54) is 11.2 Å². The number of hydrogen-bond donors (Lipinski definition) is 1. The summed E-state index contributed by atoms with van der Waals surface area (Å²) in [4.78, 5) is 38.4. The second-order valence-electron chi connectivity index (χ2n) is 6.61. The first-order valence-electron chi connectivity index (χ1n) is 8.78. The van der Waals surface area contributed by atoms with Gasteiger partial charge >= 0.3 is 5.97 Å². The number of carbonyl (C=O) groups is 3. The van der Waals surface area contributed by atoms with E-state index in [-0.39, 0.29) is 29.0 Å². The molecule has 28 heavy (non-hydrogen) atoms. The smallest absolute Gasteiger partial charge is 0.329 e. The van der Waals surface area contributed by atoms with E-state index >= 15 is 0 Å². The molecule has 0 fully saturated rings. The lowest BCUT2D eigenvalue weighted by Crippen LogP contribution is -2.46. The molecular weight excluding hydrogens is 384 g/mol. The molecule has 0 bridgehead atoms. The average Bonchev–Trinajstić information content (AvgIpc) is 3.16. The molecule has 7 nitrogen and oxygen atoms in total. The van der Waals surface area contributed by atoms with Crippen LogP contribution in [0.4, 0.5) is 0 Å². The van der Waals surface area contributed by atoms with E-state index in [1.54, 1.807) is 57.3 Å². The van der Waals surface area contributed by atoms with Gasteiger partial charge in [-0.15, -0.1) is 0 Å². The minimum atomic E-state index is -0.910. The van der Waals surface area contributed by atoms with Crippen LogP contribution in [0, 0.1) is 5.92 Å². The average molecular weight is 407 g/mol. The SMILES string of the molecule is CC(C)[C@H](NC(=O)c1ccccc1Cl)C(=O)OCC(=O)N(C)Cc1ccco1. The lowest BCUT2D eigenvalue weighted by molar-refractivity contribution is -0.154. The van der Waals surface area contributed by atoms with Crippen LogP contribution >= 0.6 is 11.6 Å². The molecular formula is C20H23ClN2O5. The summed E-state index contributed by atoms with van der Waals surface area (Å²) >= 11 is 6.02. The van der Waals surface area contributed by atoms with Gasteiger partial charge in [-0.3, -0.25) is 9.59 Å².